The molecule has 1 amide bonds. The van der Waals surface area contributed by atoms with Gasteiger partial charge in [-0.15, -0.1) is 0 Å². The zero-order chi connectivity index (χ0) is 17.0. The van der Waals surface area contributed by atoms with Crippen molar-refractivity contribution in [2.75, 3.05) is 30.9 Å². The lowest BCUT2D eigenvalue weighted by Crippen LogP contribution is -2.30. The summed E-state index contributed by atoms with van der Waals surface area (Å²) in [7, 11) is 3.35. The number of hydrogen-bond donors (Lipinski definition) is 1. The number of rotatable bonds is 6. The van der Waals surface area contributed by atoms with Crippen LogP contribution in [0.2, 0.25) is 5.02 Å². The van der Waals surface area contributed by atoms with Gasteiger partial charge in [-0.3, -0.25) is 4.79 Å². The fourth-order valence-corrected chi connectivity index (χ4v) is 2.80. The minimum atomic E-state index is -0.186. The number of methoxy groups -OCH3 is 1. The van der Waals surface area contributed by atoms with Crippen LogP contribution in [0.15, 0.2) is 18.2 Å². The first kappa shape index (κ1) is 17.5. The van der Waals surface area contributed by atoms with Crippen LogP contribution in [0.3, 0.4) is 0 Å². The van der Waals surface area contributed by atoms with Crippen molar-refractivity contribution in [1.82, 2.24) is 9.36 Å². The molecule has 0 aliphatic rings. The molecule has 0 bridgehead atoms. The Balaban J connectivity index is 2.02. The van der Waals surface area contributed by atoms with Crippen molar-refractivity contribution < 1.29 is 9.53 Å². The van der Waals surface area contributed by atoms with Gasteiger partial charge >= 0.3 is 0 Å². The maximum absolute atomic E-state index is 12.2. The van der Waals surface area contributed by atoms with Crippen molar-refractivity contribution in [2.24, 2.45) is 0 Å². The molecule has 2 rings (SSSR count). The van der Waals surface area contributed by atoms with E-state index in [9.17, 15) is 4.79 Å². The van der Waals surface area contributed by atoms with Gasteiger partial charge in [0.1, 0.15) is 11.6 Å². The smallest absolute Gasteiger partial charge is 0.244 e. The molecule has 0 atom stereocenters. The molecule has 124 valence electrons. The molecule has 0 unspecified atom stereocenters. The lowest BCUT2D eigenvalue weighted by Gasteiger charge is -2.16. The number of halogens is 1. The van der Waals surface area contributed by atoms with E-state index in [4.69, 9.17) is 16.3 Å². The Morgan fingerprint density at radius 2 is 2.22 bits per heavy atom. The number of hydrogen-bond acceptors (Lipinski definition) is 6. The Labute approximate surface area is 144 Å². The largest absolute Gasteiger partial charge is 0.495 e. The van der Waals surface area contributed by atoms with Crippen LogP contribution in [0.5, 0.6) is 5.75 Å². The molecule has 0 saturated heterocycles. The summed E-state index contributed by atoms with van der Waals surface area (Å²) in [5.74, 6) is 1.42. The zero-order valence-corrected chi connectivity index (χ0v) is 15.0. The van der Waals surface area contributed by atoms with E-state index in [-0.39, 0.29) is 18.4 Å². The second-order valence-corrected chi connectivity index (χ2v) is 6.51. The zero-order valence-electron chi connectivity index (χ0n) is 13.5. The van der Waals surface area contributed by atoms with E-state index in [1.54, 1.807) is 37.3 Å². The molecule has 0 fully saturated rings. The lowest BCUT2D eigenvalue weighted by atomic mass is 10.2. The molecule has 0 saturated carbocycles. The summed E-state index contributed by atoms with van der Waals surface area (Å²) in [6.07, 6.45) is 0. The Morgan fingerprint density at radius 1 is 1.48 bits per heavy atom. The van der Waals surface area contributed by atoms with Crippen LogP contribution >= 0.6 is 23.1 Å². The molecule has 0 radical (unpaired) electrons. The van der Waals surface area contributed by atoms with E-state index in [1.165, 1.54) is 11.5 Å². The molecule has 23 heavy (non-hydrogen) atoms. The Bertz CT molecular complexity index is 690. The van der Waals surface area contributed by atoms with Gasteiger partial charge in [0.05, 0.1) is 19.3 Å². The number of amides is 1. The SMILES string of the molecule is COc1ccc(Cl)cc1NC(=O)CN(C)c1nc(C(C)C)ns1. The average Bonchev–Trinajstić information content (AvgIpc) is 2.97. The van der Waals surface area contributed by atoms with Gasteiger partial charge in [-0.2, -0.15) is 4.37 Å². The van der Waals surface area contributed by atoms with Gasteiger partial charge < -0.3 is 15.0 Å². The molecule has 8 heteroatoms. The number of ether oxygens (including phenoxy) is 1. The monoisotopic (exact) mass is 354 g/mol. The normalized spacial score (nSPS) is 10.7. The molecule has 0 aliphatic carbocycles. The second kappa shape index (κ2) is 7.61. The fraction of sp³-hybridized carbons (Fsp3) is 0.400. The third-order valence-electron chi connectivity index (χ3n) is 3.09. The van der Waals surface area contributed by atoms with Crippen LogP contribution in [0.1, 0.15) is 25.6 Å². The Morgan fingerprint density at radius 3 is 2.83 bits per heavy atom. The first-order valence-corrected chi connectivity index (χ1v) is 8.24. The first-order valence-electron chi connectivity index (χ1n) is 7.09. The van der Waals surface area contributed by atoms with Crippen LogP contribution in [0.4, 0.5) is 10.8 Å². The molecule has 0 aliphatic heterocycles. The van der Waals surface area contributed by atoms with E-state index < -0.39 is 0 Å². The standard InChI is InChI=1S/C15H19ClN4O2S/c1-9(2)14-18-15(23-19-14)20(3)8-13(21)17-11-7-10(16)5-6-12(11)22-4/h5-7,9H,8H2,1-4H3,(H,17,21). The number of carbonyl (C=O) groups is 1. The van der Waals surface area contributed by atoms with Crippen LogP contribution in [0.25, 0.3) is 0 Å². The number of likely N-dealkylation sites (N-methyl/N-ethyl adjacent to an activating group) is 1. The van der Waals surface area contributed by atoms with E-state index >= 15 is 0 Å². The second-order valence-electron chi connectivity index (χ2n) is 5.34. The average molecular weight is 355 g/mol. The summed E-state index contributed by atoms with van der Waals surface area (Å²) in [6.45, 7) is 4.22. The van der Waals surface area contributed by atoms with Gasteiger partial charge in [0.2, 0.25) is 11.0 Å². The quantitative estimate of drug-likeness (QED) is 0.861. The Hall–Kier alpha value is -1.86. The van der Waals surface area contributed by atoms with Crippen LogP contribution in [-0.4, -0.2) is 36.0 Å². The predicted molar refractivity (Wildman–Crippen MR) is 93.9 cm³/mol. The topological polar surface area (TPSA) is 67.3 Å². The maximum atomic E-state index is 12.2. The number of carbonyl (C=O) groups excluding carboxylic acids is 1. The van der Waals surface area contributed by atoms with E-state index in [0.29, 0.717) is 21.6 Å². The van der Waals surface area contributed by atoms with Crippen molar-refractivity contribution in [3.63, 3.8) is 0 Å². The molecule has 1 heterocycles. The third-order valence-corrected chi connectivity index (χ3v) is 4.17. The minimum Gasteiger partial charge on any atom is -0.495 e. The van der Waals surface area contributed by atoms with Crippen molar-refractivity contribution in [3.8, 4) is 5.75 Å². The summed E-state index contributed by atoms with van der Waals surface area (Å²) < 4.78 is 9.50. The van der Waals surface area contributed by atoms with Gasteiger partial charge in [-0.25, -0.2) is 4.98 Å². The highest BCUT2D eigenvalue weighted by atomic mass is 35.5. The fourth-order valence-electron chi connectivity index (χ4n) is 1.87. The highest BCUT2D eigenvalue weighted by Gasteiger charge is 2.15. The first-order chi connectivity index (χ1) is 10.9. The van der Waals surface area contributed by atoms with E-state index in [1.807, 2.05) is 13.8 Å². The number of anilines is 2. The third kappa shape index (κ3) is 4.56. The lowest BCUT2D eigenvalue weighted by molar-refractivity contribution is -0.114. The van der Waals surface area contributed by atoms with Crippen molar-refractivity contribution in [1.29, 1.82) is 0 Å². The number of nitrogens with one attached hydrogen (secondary N) is 1. The maximum Gasteiger partial charge on any atom is 0.244 e. The minimum absolute atomic E-state index is 0.155. The molecular formula is C15H19ClN4O2S. The van der Waals surface area contributed by atoms with Crippen LogP contribution < -0.4 is 15.0 Å². The summed E-state index contributed by atoms with van der Waals surface area (Å²) in [4.78, 5) is 18.4. The molecule has 1 N–H and O–H groups in total. The van der Waals surface area contributed by atoms with E-state index in [2.05, 4.69) is 14.7 Å². The van der Waals surface area contributed by atoms with Crippen molar-refractivity contribution in [2.45, 2.75) is 19.8 Å². The number of nitrogens with zero attached hydrogens (tertiary/aromatic N) is 3. The van der Waals surface area contributed by atoms with Crippen LogP contribution in [-0.2, 0) is 4.79 Å². The van der Waals surface area contributed by atoms with Gasteiger partial charge in [0, 0.05) is 29.5 Å². The molecule has 0 spiro atoms. The predicted octanol–water partition coefficient (Wildman–Crippen LogP) is 3.40. The molecule has 1 aromatic heterocycles. The highest BCUT2D eigenvalue weighted by Crippen LogP contribution is 2.27. The number of benzene rings is 1. The molecule has 1 aromatic carbocycles. The highest BCUT2D eigenvalue weighted by molar-refractivity contribution is 7.09. The summed E-state index contributed by atoms with van der Waals surface area (Å²) in [5.41, 5.74) is 0.540. The van der Waals surface area contributed by atoms with Gasteiger partial charge in [0.15, 0.2) is 0 Å². The summed E-state index contributed by atoms with van der Waals surface area (Å²) in [5, 5.41) is 4.04. The summed E-state index contributed by atoms with van der Waals surface area (Å²) in [6, 6.07) is 5.07. The number of aromatic nitrogens is 2. The van der Waals surface area contributed by atoms with E-state index in [0.717, 1.165) is 5.82 Å². The molecule has 2 aromatic rings. The molecule has 6 nitrogen and oxygen atoms in total. The van der Waals surface area contributed by atoms with Gasteiger partial charge in [-0.05, 0) is 18.2 Å². The van der Waals surface area contributed by atoms with Crippen molar-refractivity contribution in [3.05, 3.63) is 29.0 Å². The van der Waals surface area contributed by atoms with Crippen molar-refractivity contribution >= 4 is 39.9 Å². The van der Waals surface area contributed by atoms with Gasteiger partial charge in [0.25, 0.3) is 0 Å². The molecular weight excluding hydrogens is 336 g/mol. The Kier molecular flexibility index (Phi) is 5.79. The van der Waals surface area contributed by atoms with Gasteiger partial charge in [-0.1, -0.05) is 25.4 Å². The van der Waals surface area contributed by atoms with Crippen LogP contribution in [0, 0.1) is 0 Å². The summed E-state index contributed by atoms with van der Waals surface area (Å²) >= 11 is 7.24.